The summed E-state index contributed by atoms with van der Waals surface area (Å²) in [4.78, 5) is 22.7. The van der Waals surface area contributed by atoms with E-state index in [4.69, 9.17) is 21.1 Å². The molecule has 0 atom stereocenters. The molecule has 33 heavy (non-hydrogen) atoms. The van der Waals surface area contributed by atoms with Crippen molar-refractivity contribution in [3.05, 3.63) is 81.4 Å². The molecule has 0 radical (unpaired) electrons. The molecule has 3 aromatic carbocycles. The first-order valence-corrected chi connectivity index (χ1v) is 11.1. The van der Waals surface area contributed by atoms with Gasteiger partial charge in [-0.05, 0) is 48.5 Å². The average molecular weight is 492 g/mol. The Bertz CT molecular complexity index is 1310. The van der Waals surface area contributed by atoms with Crippen molar-refractivity contribution in [2.45, 2.75) is 4.90 Å². The smallest absolute Gasteiger partial charge is 0.288 e. The molecule has 0 fully saturated rings. The van der Waals surface area contributed by atoms with Crippen molar-refractivity contribution in [3.8, 4) is 11.5 Å². The average Bonchev–Trinajstić information content (AvgIpc) is 2.79. The van der Waals surface area contributed by atoms with Crippen molar-refractivity contribution in [1.29, 1.82) is 0 Å². The number of ether oxygens (including phenoxy) is 2. The van der Waals surface area contributed by atoms with E-state index in [0.29, 0.717) is 11.5 Å². The zero-order valence-electron chi connectivity index (χ0n) is 17.4. The van der Waals surface area contributed by atoms with Crippen molar-refractivity contribution in [3.63, 3.8) is 0 Å². The fourth-order valence-corrected chi connectivity index (χ4v) is 4.06. The number of anilines is 2. The number of carbonyl (C=O) groups is 1. The summed E-state index contributed by atoms with van der Waals surface area (Å²) in [6.45, 7) is 0. The summed E-state index contributed by atoms with van der Waals surface area (Å²) in [6.07, 6.45) is 0. The molecule has 3 rings (SSSR count). The lowest BCUT2D eigenvalue weighted by Crippen LogP contribution is -2.15. The number of hydrogen-bond donors (Lipinski definition) is 2. The topological polar surface area (TPSA) is 137 Å². The zero-order chi connectivity index (χ0) is 24.2. The molecule has 0 saturated carbocycles. The Morgan fingerprint density at radius 2 is 1.70 bits per heavy atom. The third-order valence-electron chi connectivity index (χ3n) is 4.48. The van der Waals surface area contributed by atoms with Crippen molar-refractivity contribution < 1.29 is 27.6 Å². The number of nitro benzene ring substituents is 1. The Kier molecular flexibility index (Phi) is 7.04. The molecule has 0 unspecified atom stereocenters. The van der Waals surface area contributed by atoms with Crippen LogP contribution >= 0.6 is 11.6 Å². The molecule has 0 aliphatic heterocycles. The maximum Gasteiger partial charge on any atom is 0.288 e. The number of nitrogens with one attached hydrogen (secondary N) is 2. The predicted molar refractivity (Wildman–Crippen MR) is 123 cm³/mol. The van der Waals surface area contributed by atoms with Crippen molar-refractivity contribution in [2.24, 2.45) is 0 Å². The molecule has 0 aliphatic carbocycles. The number of rotatable bonds is 8. The number of carbonyl (C=O) groups excluding carboxylic acids is 1. The van der Waals surface area contributed by atoms with Crippen molar-refractivity contribution in [2.75, 3.05) is 24.3 Å². The van der Waals surface area contributed by atoms with Crippen LogP contribution in [0.2, 0.25) is 5.02 Å². The number of methoxy groups -OCH3 is 2. The van der Waals surface area contributed by atoms with Crippen LogP contribution in [0.1, 0.15) is 10.4 Å². The number of nitrogens with zero attached hydrogens (tertiary/aromatic N) is 1. The first kappa shape index (κ1) is 23.8. The number of halogens is 1. The molecule has 172 valence electrons. The van der Waals surface area contributed by atoms with Crippen molar-refractivity contribution in [1.82, 2.24) is 0 Å². The van der Waals surface area contributed by atoms with Crippen LogP contribution in [0.5, 0.6) is 11.5 Å². The molecule has 0 spiro atoms. The van der Waals surface area contributed by atoms with Gasteiger partial charge in [-0.2, -0.15) is 0 Å². The highest BCUT2D eigenvalue weighted by Crippen LogP contribution is 2.31. The minimum atomic E-state index is -3.98. The minimum absolute atomic E-state index is 0.0228. The maximum atomic E-state index is 12.8. The molecular formula is C21H18ClN3O7S. The van der Waals surface area contributed by atoms with Gasteiger partial charge in [0.15, 0.2) is 0 Å². The van der Waals surface area contributed by atoms with Crippen LogP contribution in [0.15, 0.2) is 65.6 Å². The van der Waals surface area contributed by atoms with Gasteiger partial charge in [0.05, 0.1) is 29.7 Å². The fourth-order valence-electron chi connectivity index (χ4n) is 2.81. The third-order valence-corrected chi connectivity index (χ3v) is 6.18. The van der Waals surface area contributed by atoms with Crippen LogP contribution in [-0.4, -0.2) is 33.5 Å². The standard InChI is InChI=1S/C21H18ClN3O7S/c1-31-15-6-10-20(32-2)18(12-15)24-33(29,30)16-7-4-14(5-8-16)23-21(26)13-3-9-17(22)19(11-13)25(27)28/h3-12,24H,1-2H3,(H,23,26). The molecule has 0 heterocycles. The summed E-state index contributed by atoms with van der Waals surface area (Å²) in [6, 6.07) is 13.7. The van der Waals surface area contributed by atoms with E-state index < -0.39 is 26.5 Å². The fraction of sp³-hybridized carbons (Fsp3) is 0.0952. The van der Waals surface area contributed by atoms with Gasteiger partial charge in [0.1, 0.15) is 16.5 Å². The quantitative estimate of drug-likeness (QED) is 0.353. The molecule has 3 aromatic rings. The molecule has 0 bridgehead atoms. The van der Waals surface area contributed by atoms with Gasteiger partial charge in [-0.1, -0.05) is 11.6 Å². The van der Waals surface area contributed by atoms with E-state index >= 15 is 0 Å². The Hall–Kier alpha value is -3.83. The number of sulfonamides is 1. The number of nitro groups is 1. The van der Waals surface area contributed by atoms with Crippen LogP contribution in [0.25, 0.3) is 0 Å². The number of benzene rings is 3. The van der Waals surface area contributed by atoms with Crippen LogP contribution in [-0.2, 0) is 10.0 Å². The van der Waals surface area contributed by atoms with E-state index in [9.17, 15) is 23.3 Å². The Morgan fingerprint density at radius 1 is 1.00 bits per heavy atom. The second-order valence-corrected chi connectivity index (χ2v) is 8.66. The Labute approximate surface area is 194 Å². The van der Waals surface area contributed by atoms with E-state index in [1.807, 2.05) is 0 Å². The summed E-state index contributed by atoms with van der Waals surface area (Å²) in [5.41, 5.74) is 0.105. The second-order valence-electron chi connectivity index (χ2n) is 6.57. The van der Waals surface area contributed by atoms with Gasteiger partial charge in [0, 0.05) is 23.4 Å². The van der Waals surface area contributed by atoms with E-state index in [1.54, 1.807) is 12.1 Å². The monoisotopic (exact) mass is 491 g/mol. The highest BCUT2D eigenvalue weighted by Gasteiger charge is 2.19. The normalized spacial score (nSPS) is 10.9. The van der Waals surface area contributed by atoms with Gasteiger partial charge in [0.2, 0.25) is 0 Å². The maximum absolute atomic E-state index is 12.8. The lowest BCUT2D eigenvalue weighted by atomic mass is 10.2. The van der Waals surface area contributed by atoms with Gasteiger partial charge < -0.3 is 14.8 Å². The van der Waals surface area contributed by atoms with Gasteiger partial charge in [-0.15, -0.1) is 0 Å². The van der Waals surface area contributed by atoms with Gasteiger partial charge >= 0.3 is 0 Å². The summed E-state index contributed by atoms with van der Waals surface area (Å²) in [5.74, 6) is 0.124. The first-order valence-electron chi connectivity index (χ1n) is 9.25. The van der Waals surface area contributed by atoms with E-state index in [1.165, 1.54) is 56.7 Å². The van der Waals surface area contributed by atoms with Crippen LogP contribution in [0, 0.1) is 10.1 Å². The zero-order valence-corrected chi connectivity index (χ0v) is 18.9. The van der Waals surface area contributed by atoms with Crippen LogP contribution in [0.3, 0.4) is 0 Å². The molecule has 0 aromatic heterocycles. The summed E-state index contributed by atoms with van der Waals surface area (Å²) in [7, 11) is -1.11. The van der Waals surface area contributed by atoms with Gasteiger partial charge in [0.25, 0.3) is 21.6 Å². The second kappa shape index (κ2) is 9.76. The number of amides is 1. The molecule has 12 heteroatoms. The highest BCUT2D eigenvalue weighted by molar-refractivity contribution is 7.92. The highest BCUT2D eigenvalue weighted by atomic mass is 35.5. The largest absolute Gasteiger partial charge is 0.497 e. The molecule has 10 nitrogen and oxygen atoms in total. The first-order chi connectivity index (χ1) is 15.6. The van der Waals surface area contributed by atoms with Crippen LogP contribution in [0.4, 0.5) is 17.1 Å². The van der Waals surface area contributed by atoms with E-state index in [0.717, 1.165) is 6.07 Å². The number of hydrogen-bond acceptors (Lipinski definition) is 7. The van der Waals surface area contributed by atoms with E-state index in [-0.39, 0.29) is 26.9 Å². The molecule has 0 saturated heterocycles. The van der Waals surface area contributed by atoms with Crippen LogP contribution < -0.4 is 19.5 Å². The molecule has 0 aliphatic rings. The van der Waals surface area contributed by atoms with Gasteiger partial charge in [-0.3, -0.25) is 19.6 Å². The summed E-state index contributed by atoms with van der Waals surface area (Å²) in [5, 5.41) is 13.5. The van der Waals surface area contributed by atoms with E-state index in [2.05, 4.69) is 10.0 Å². The lowest BCUT2D eigenvalue weighted by molar-refractivity contribution is -0.384. The molecular weight excluding hydrogens is 474 g/mol. The lowest BCUT2D eigenvalue weighted by Gasteiger charge is -2.13. The minimum Gasteiger partial charge on any atom is -0.497 e. The predicted octanol–water partition coefficient (Wildman–Crippen LogP) is 4.32. The SMILES string of the molecule is COc1ccc(OC)c(NS(=O)(=O)c2ccc(NC(=O)c3ccc(Cl)c([N+](=O)[O-])c3)cc2)c1. The molecule has 1 amide bonds. The molecule has 2 N–H and O–H groups in total. The Balaban J connectivity index is 1.78. The van der Waals surface area contributed by atoms with Gasteiger partial charge in [-0.25, -0.2) is 8.42 Å². The van der Waals surface area contributed by atoms with Crippen molar-refractivity contribution >= 4 is 44.6 Å². The Morgan fingerprint density at radius 3 is 2.30 bits per heavy atom. The summed E-state index contributed by atoms with van der Waals surface area (Å²) >= 11 is 5.76. The third kappa shape index (κ3) is 5.51. The summed E-state index contributed by atoms with van der Waals surface area (Å²) < 4.78 is 38.3.